The Hall–Kier alpha value is -0.990. The highest BCUT2D eigenvalue weighted by Gasteiger charge is 2.28. The third-order valence-electron chi connectivity index (χ3n) is 3.12. The van der Waals surface area contributed by atoms with Gasteiger partial charge < -0.3 is 9.47 Å². The van der Waals surface area contributed by atoms with Crippen molar-refractivity contribution >= 4 is 6.16 Å². The normalized spacial score (nSPS) is 12.9. The van der Waals surface area contributed by atoms with Gasteiger partial charge in [-0.2, -0.15) is 0 Å². The van der Waals surface area contributed by atoms with E-state index in [4.69, 9.17) is 9.47 Å². The molecule has 0 aliphatic heterocycles. The van der Waals surface area contributed by atoms with E-state index in [-0.39, 0.29) is 6.10 Å². The fourth-order valence-electron chi connectivity index (χ4n) is 1.63. The van der Waals surface area contributed by atoms with Crippen molar-refractivity contribution in [3.8, 4) is 0 Å². The Bertz CT molecular complexity index is 232. The van der Waals surface area contributed by atoms with E-state index in [1.54, 1.807) is 6.08 Å². The number of hydrogen-bond acceptors (Lipinski definition) is 3. The minimum Gasteiger partial charge on any atom is -0.431 e. The lowest BCUT2D eigenvalue weighted by molar-refractivity contribution is -0.0306. The van der Waals surface area contributed by atoms with Crippen molar-refractivity contribution in [2.75, 3.05) is 0 Å². The third-order valence-corrected chi connectivity index (χ3v) is 3.12. The summed E-state index contributed by atoms with van der Waals surface area (Å²) in [5.74, 6) is 0. The molecule has 1 unspecified atom stereocenters. The van der Waals surface area contributed by atoms with E-state index in [1.807, 2.05) is 20.8 Å². The summed E-state index contributed by atoms with van der Waals surface area (Å²) < 4.78 is 10.6. The van der Waals surface area contributed by atoms with Gasteiger partial charge in [0.05, 0.1) is 0 Å². The van der Waals surface area contributed by atoms with E-state index in [2.05, 4.69) is 13.5 Å². The van der Waals surface area contributed by atoms with Crippen LogP contribution in [0.15, 0.2) is 12.7 Å². The van der Waals surface area contributed by atoms with Crippen molar-refractivity contribution in [3.63, 3.8) is 0 Å². The molecule has 0 aromatic rings. The standard InChI is InChI=1S/C14H26O3/c1-6-10-11-12(5)16-13(15)17-14(7-2,8-3)9-4/h7,12H,2,6,8-11H2,1,3-5H3. The molecule has 0 aliphatic carbocycles. The van der Waals surface area contributed by atoms with Crippen molar-refractivity contribution in [1.29, 1.82) is 0 Å². The maximum atomic E-state index is 11.6. The molecule has 0 radical (unpaired) electrons. The van der Waals surface area contributed by atoms with Crippen LogP contribution in [-0.4, -0.2) is 17.9 Å². The highest BCUT2D eigenvalue weighted by molar-refractivity contribution is 5.61. The van der Waals surface area contributed by atoms with Crippen LogP contribution in [0.2, 0.25) is 0 Å². The second kappa shape index (κ2) is 8.15. The smallest absolute Gasteiger partial charge is 0.431 e. The number of carbonyl (C=O) groups is 1. The Labute approximate surface area is 105 Å². The zero-order valence-corrected chi connectivity index (χ0v) is 11.6. The van der Waals surface area contributed by atoms with Gasteiger partial charge in [0.25, 0.3) is 0 Å². The van der Waals surface area contributed by atoms with Crippen molar-refractivity contribution in [3.05, 3.63) is 12.7 Å². The van der Waals surface area contributed by atoms with Gasteiger partial charge in [-0.15, -0.1) is 0 Å². The molecule has 0 saturated heterocycles. The molecule has 17 heavy (non-hydrogen) atoms. The molecule has 0 spiro atoms. The van der Waals surface area contributed by atoms with Crippen LogP contribution in [0.1, 0.15) is 59.8 Å². The predicted molar refractivity (Wildman–Crippen MR) is 70.1 cm³/mol. The summed E-state index contributed by atoms with van der Waals surface area (Å²) in [6.07, 6.45) is 5.48. The second-order valence-corrected chi connectivity index (χ2v) is 4.40. The molecule has 0 aromatic heterocycles. The maximum absolute atomic E-state index is 11.6. The van der Waals surface area contributed by atoms with Crippen molar-refractivity contribution < 1.29 is 14.3 Å². The Morgan fingerprint density at radius 1 is 1.35 bits per heavy atom. The van der Waals surface area contributed by atoms with Gasteiger partial charge in [0.1, 0.15) is 11.7 Å². The zero-order chi connectivity index (χ0) is 13.3. The van der Waals surface area contributed by atoms with E-state index in [1.165, 1.54) is 0 Å². The lowest BCUT2D eigenvalue weighted by Crippen LogP contribution is -2.32. The summed E-state index contributed by atoms with van der Waals surface area (Å²) in [4.78, 5) is 11.6. The van der Waals surface area contributed by atoms with Gasteiger partial charge in [0, 0.05) is 0 Å². The van der Waals surface area contributed by atoms with Gasteiger partial charge in [0.15, 0.2) is 0 Å². The second-order valence-electron chi connectivity index (χ2n) is 4.40. The molecule has 0 fully saturated rings. The highest BCUT2D eigenvalue weighted by Crippen LogP contribution is 2.22. The quantitative estimate of drug-likeness (QED) is 0.465. The van der Waals surface area contributed by atoms with Crippen molar-refractivity contribution in [2.24, 2.45) is 0 Å². The first kappa shape index (κ1) is 16.0. The molecular weight excluding hydrogens is 216 g/mol. The number of ether oxygens (including phenoxy) is 2. The molecule has 0 saturated carbocycles. The Morgan fingerprint density at radius 2 is 1.94 bits per heavy atom. The molecule has 0 N–H and O–H groups in total. The largest absolute Gasteiger partial charge is 0.509 e. The third kappa shape index (κ3) is 5.76. The van der Waals surface area contributed by atoms with E-state index in [0.29, 0.717) is 12.8 Å². The molecule has 0 aromatic carbocycles. The van der Waals surface area contributed by atoms with Crippen LogP contribution in [0.25, 0.3) is 0 Å². The summed E-state index contributed by atoms with van der Waals surface area (Å²) in [6.45, 7) is 11.7. The van der Waals surface area contributed by atoms with Crippen LogP contribution in [0.5, 0.6) is 0 Å². The lowest BCUT2D eigenvalue weighted by atomic mass is 9.98. The van der Waals surface area contributed by atoms with Gasteiger partial charge in [0.2, 0.25) is 0 Å². The van der Waals surface area contributed by atoms with Gasteiger partial charge in [-0.25, -0.2) is 4.79 Å². The average Bonchev–Trinajstić information content (AvgIpc) is 2.33. The fraction of sp³-hybridized carbons (Fsp3) is 0.786. The SMILES string of the molecule is C=CC(CC)(CC)OC(=O)OC(C)CCCC. The molecular formula is C14H26O3. The maximum Gasteiger partial charge on any atom is 0.509 e. The first-order valence-corrected chi connectivity index (χ1v) is 6.56. The lowest BCUT2D eigenvalue weighted by Gasteiger charge is -2.28. The van der Waals surface area contributed by atoms with Crippen LogP contribution in [0.3, 0.4) is 0 Å². The molecule has 1 atom stereocenters. The molecule has 3 heteroatoms. The molecule has 3 nitrogen and oxygen atoms in total. The summed E-state index contributed by atoms with van der Waals surface area (Å²) in [5, 5.41) is 0. The van der Waals surface area contributed by atoms with Crippen LogP contribution < -0.4 is 0 Å². The van der Waals surface area contributed by atoms with Gasteiger partial charge in [-0.3, -0.25) is 0 Å². The fourth-order valence-corrected chi connectivity index (χ4v) is 1.63. The Morgan fingerprint density at radius 3 is 2.35 bits per heavy atom. The van der Waals surface area contributed by atoms with Gasteiger partial charge in [-0.05, 0) is 32.3 Å². The van der Waals surface area contributed by atoms with Crippen molar-refractivity contribution in [1.82, 2.24) is 0 Å². The minimum atomic E-state index is -0.586. The van der Waals surface area contributed by atoms with Gasteiger partial charge in [-0.1, -0.05) is 40.2 Å². The van der Waals surface area contributed by atoms with Gasteiger partial charge >= 0.3 is 6.16 Å². The predicted octanol–water partition coefficient (Wildman–Crippen LogP) is 4.46. The van der Waals surface area contributed by atoms with Crippen LogP contribution in [0, 0.1) is 0 Å². The summed E-state index contributed by atoms with van der Waals surface area (Å²) in [6, 6.07) is 0. The van der Waals surface area contributed by atoms with Crippen molar-refractivity contribution in [2.45, 2.75) is 71.5 Å². The number of rotatable bonds is 8. The van der Waals surface area contributed by atoms with E-state index in [0.717, 1.165) is 19.3 Å². The van der Waals surface area contributed by atoms with Crippen LogP contribution in [0.4, 0.5) is 4.79 Å². The Kier molecular flexibility index (Phi) is 7.68. The minimum absolute atomic E-state index is 0.0846. The summed E-state index contributed by atoms with van der Waals surface area (Å²) in [7, 11) is 0. The summed E-state index contributed by atoms with van der Waals surface area (Å²) in [5.41, 5.74) is -0.582. The highest BCUT2D eigenvalue weighted by atomic mass is 16.7. The van der Waals surface area contributed by atoms with Crippen LogP contribution in [-0.2, 0) is 9.47 Å². The summed E-state index contributed by atoms with van der Waals surface area (Å²) >= 11 is 0. The molecule has 100 valence electrons. The topological polar surface area (TPSA) is 35.5 Å². The first-order valence-electron chi connectivity index (χ1n) is 6.56. The molecule has 0 rings (SSSR count). The molecule has 0 heterocycles. The molecule has 0 aliphatic rings. The van der Waals surface area contributed by atoms with E-state index in [9.17, 15) is 4.79 Å². The number of hydrogen-bond donors (Lipinski definition) is 0. The number of carbonyl (C=O) groups excluding carboxylic acids is 1. The average molecular weight is 242 g/mol. The Balaban J connectivity index is 4.19. The monoisotopic (exact) mass is 242 g/mol. The zero-order valence-electron chi connectivity index (χ0n) is 11.6. The van der Waals surface area contributed by atoms with E-state index < -0.39 is 11.8 Å². The van der Waals surface area contributed by atoms with Crippen LogP contribution >= 0.6 is 0 Å². The number of unbranched alkanes of at least 4 members (excludes halogenated alkanes) is 1. The molecule has 0 amide bonds. The van der Waals surface area contributed by atoms with E-state index >= 15 is 0 Å². The first-order chi connectivity index (χ1) is 8.03. The molecule has 0 bridgehead atoms.